The molecule has 0 saturated heterocycles. The number of ether oxygens (including phenoxy) is 1. The first-order valence-corrected chi connectivity index (χ1v) is 5.53. The zero-order valence-corrected chi connectivity index (χ0v) is 10.1. The zero-order valence-electron chi connectivity index (χ0n) is 10.1. The molecule has 0 spiro atoms. The number of nitrogens with zero attached hydrogens (tertiary/aromatic N) is 1. The molecule has 0 unspecified atom stereocenters. The van der Waals surface area contributed by atoms with Gasteiger partial charge >= 0.3 is 0 Å². The summed E-state index contributed by atoms with van der Waals surface area (Å²) in [6, 6.07) is 16.0. The van der Waals surface area contributed by atoms with E-state index in [1.807, 2.05) is 42.6 Å². The summed E-state index contributed by atoms with van der Waals surface area (Å²) in [5.74, 6) is 0.788. The molecule has 2 aromatic carbocycles. The Hall–Kier alpha value is -2.09. The Balaban J connectivity index is 2.26. The van der Waals surface area contributed by atoms with Gasteiger partial charge in [0.1, 0.15) is 11.4 Å². The maximum atomic E-state index is 5.24. The van der Waals surface area contributed by atoms with Crippen LogP contribution in [0.5, 0.6) is 5.75 Å². The first kappa shape index (κ1) is 11.4. The lowest BCUT2D eigenvalue weighted by molar-refractivity contribution is 0.416. The van der Waals surface area contributed by atoms with Crippen LogP contribution in [0.1, 0.15) is 11.1 Å². The molecule has 86 valence electrons. The molecule has 0 N–H and O–H groups in total. The molecular weight excluding hydrogens is 210 g/mol. The largest absolute Gasteiger partial charge is 0.494 e. The fourth-order valence-corrected chi connectivity index (χ4v) is 1.63. The normalized spacial score (nSPS) is 10.7. The van der Waals surface area contributed by atoms with Crippen molar-refractivity contribution in [2.24, 2.45) is 4.99 Å². The predicted octanol–water partition coefficient (Wildman–Crippen LogP) is 3.75. The van der Waals surface area contributed by atoms with Crippen molar-refractivity contribution in [3.05, 3.63) is 59.7 Å². The topological polar surface area (TPSA) is 21.6 Å². The minimum absolute atomic E-state index is 0.788. The summed E-state index contributed by atoms with van der Waals surface area (Å²) in [5, 5.41) is 0. The molecule has 0 fully saturated rings. The van der Waals surface area contributed by atoms with Gasteiger partial charge in [-0.15, -0.1) is 0 Å². The minimum atomic E-state index is 0.788. The van der Waals surface area contributed by atoms with Crippen molar-refractivity contribution < 1.29 is 4.74 Å². The van der Waals surface area contributed by atoms with Crippen LogP contribution in [0.2, 0.25) is 0 Å². The molecule has 2 nitrogen and oxygen atoms in total. The van der Waals surface area contributed by atoms with Gasteiger partial charge in [0.05, 0.1) is 7.11 Å². The molecule has 2 heteroatoms. The number of aliphatic imine (C=N–C) groups is 1. The van der Waals surface area contributed by atoms with Crippen LogP contribution in [0.3, 0.4) is 0 Å². The summed E-state index contributed by atoms with van der Waals surface area (Å²) in [5.41, 5.74) is 3.17. The third-order valence-electron chi connectivity index (χ3n) is 2.48. The fourth-order valence-electron chi connectivity index (χ4n) is 1.63. The van der Waals surface area contributed by atoms with E-state index in [9.17, 15) is 0 Å². The van der Waals surface area contributed by atoms with E-state index in [2.05, 4.69) is 24.0 Å². The monoisotopic (exact) mass is 225 g/mol. The van der Waals surface area contributed by atoms with Crippen molar-refractivity contribution in [2.75, 3.05) is 7.11 Å². The van der Waals surface area contributed by atoms with Gasteiger partial charge in [0, 0.05) is 6.21 Å². The van der Waals surface area contributed by atoms with Crippen molar-refractivity contribution in [3.63, 3.8) is 0 Å². The van der Waals surface area contributed by atoms with Gasteiger partial charge in [-0.3, -0.25) is 4.99 Å². The maximum Gasteiger partial charge on any atom is 0.144 e. The second kappa shape index (κ2) is 5.30. The molecule has 0 saturated carbocycles. The molecule has 2 aromatic rings. The van der Waals surface area contributed by atoms with Crippen LogP contribution >= 0.6 is 0 Å². The van der Waals surface area contributed by atoms with Gasteiger partial charge in [0.25, 0.3) is 0 Å². The summed E-state index contributed by atoms with van der Waals surface area (Å²) in [6.07, 6.45) is 1.85. The first-order chi connectivity index (χ1) is 8.29. The lowest BCUT2D eigenvalue weighted by Gasteiger charge is -2.02. The molecule has 2 rings (SSSR count). The zero-order chi connectivity index (χ0) is 12.1. The van der Waals surface area contributed by atoms with Crippen LogP contribution in [0.15, 0.2) is 53.5 Å². The lowest BCUT2D eigenvalue weighted by atomic mass is 10.1. The van der Waals surface area contributed by atoms with E-state index >= 15 is 0 Å². The molecule has 0 atom stereocenters. The Morgan fingerprint density at radius 2 is 1.88 bits per heavy atom. The van der Waals surface area contributed by atoms with Gasteiger partial charge < -0.3 is 4.74 Å². The van der Waals surface area contributed by atoms with Gasteiger partial charge in [0.15, 0.2) is 0 Å². The number of methoxy groups -OCH3 is 1. The molecule has 0 aromatic heterocycles. The summed E-state index contributed by atoms with van der Waals surface area (Å²) >= 11 is 0. The molecule has 0 heterocycles. The highest BCUT2D eigenvalue weighted by Gasteiger charge is 1.97. The fraction of sp³-hybridized carbons (Fsp3) is 0.133. The maximum absolute atomic E-state index is 5.24. The van der Waals surface area contributed by atoms with Crippen molar-refractivity contribution in [1.29, 1.82) is 0 Å². The van der Waals surface area contributed by atoms with Crippen molar-refractivity contribution in [1.82, 2.24) is 0 Å². The highest BCUT2D eigenvalue weighted by atomic mass is 16.5. The number of hydrogen-bond donors (Lipinski definition) is 0. The number of benzene rings is 2. The Labute approximate surface area is 102 Å². The second-order valence-electron chi connectivity index (χ2n) is 3.84. The van der Waals surface area contributed by atoms with Gasteiger partial charge in [-0.2, -0.15) is 0 Å². The summed E-state index contributed by atoms with van der Waals surface area (Å²) < 4.78 is 5.24. The third-order valence-corrected chi connectivity index (χ3v) is 2.48. The van der Waals surface area contributed by atoms with E-state index in [1.165, 1.54) is 5.56 Å². The van der Waals surface area contributed by atoms with Crippen molar-refractivity contribution >= 4 is 11.9 Å². The predicted molar refractivity (Wildman–Crippen MR) is 71.4 cm³/mol. The van der Waals surface area contributed by atoms with Crippen LogP contribution in [-0.2, 0) is 0 Å². The molecule has 0 bridgehead atoms. The molecule has 0 aliphatic rings. The Kier molecular flexibility index (Phi) is 3.55. The second-order valence-corrected chi connectivity index (χ2v) is 3.84. The SMILES string of the molecule is COc1ccccc1N=Cc1cccc(C)c1. The van der Waals surface area contributed by atoms with E-state index in [0.29, 0.717) is 0 Å². The Bertz CT molecular complexity index is 532. The van der Waals surface area contributed by atoms with Gasteiger partial charge in [-0.05, 0) is 24.6 Å². The number of hydrogen-bond acceptors (Lipinski definition) is 2. The summed E-state index contributed by atoms with van der Waals surface area (Å²) in [6.45, 7) is 2.07. The summed E-state index contributed by atoms with van der Waals surface area (Å²) in [7, 11) is 1.65. The molecular formula is C15H15NO. The molecule has 0 aliphatic heterocycles. The summed E-state index contributed by atoms with van der Waals surface area (Å²) in [4.78, 5) is 4.44. The molecule has 0 radical (unpaired) electrons. The van der Waals surface area contributed by atoms with Gasteiger partial charge in [0.2, 0.25) is 0 Å². The first-order valence-electron chi connectivity index (χ1n) is 5.53. The van der Waals surface area contributed by atoms with E-state index in [0.717, 1.165) is 17.0 Å². The molecule has 0 amide bonds. The van der Waals surface area contributed by atoms with E-state index < -0.39 is 0 Å². The van der Waals surface area contributed by atoms with Crippen molar-refractivity contribution in [3.8, 4) is 5.75 Å². The number of rotatable bonds is 3. The Morgan fingerprint density at radius 3 is 2.65 bits per heavy atom. The van der Waals surface area contributed by atoms with Gasteiger partial charge in [-0.1, -0.05) is 42.0 Å². The van der Waals surface area contributed by atoms with Crippen LogP contribution in [-0.4, -0.2) is 13.3 Å². The third kappa shape index (κ3) is 2.94. The van der Waals surface area contributed by atoms with Gasteiger partial charge in [-0.25, -0.2) is 0 Å². The molecule has 0 aliphatic carbocycles. The average molecular weight is 225 g/mol. The Morgan fingerprint density at radius 1 is 1.06 bits per heavy atom. The number of aryl methyl sites for hydroxylation is 1. The quantitative estimate of drug-likeness (QED) is 0.729. The van der Waals surface area contributed by atoms with E-state index in [1.54, 1.807) is 7.11 Å². The lowest BCUT2D eigenvalue weighted by Crippen LogP contribution is -1.84. The van der Waals surface area contributed by atoms with Crippen molar-refractivity contribution in [2.45, 2.75) is 6.92 Å². The number of para-hydroxylation sites is 2. The minimum Gasteiger partial charge on any atom is -0.494 e. The molecule has 17 heavy (non-hydrogen) atoms. The van der Waals surface area contributed by atoms with E-state index in [-0.39, 0.29) is 0 Å². The smallest absolute Gasteiger partial charge is 0.144 e. The van der Waals surface area contributed by atoms with Crippen LogP contribution < -0.4 is 4.74 Å². The van der Waals surface area contributed by atoms with E-state index in [4.69, 9.17) is 4.74 Å². The van der Waals surface area contributed by atoms with Crippen LogP contribution in [0, 0.1) is 6.92 Å². The average Bonchev–Trinajstić information content (AvgIpc) is 2.37. The highest BCUT2D eigenvalue weighted by molar-refractivity contribution is 5.82. The van der Waals surface area contributed by atoms with Crippen LogP contribution in [0.25, 0.3) is 0 Å². The standard InChI is InChI=1S/C15H15NO/c1-12-6-5-7-13(10-12)11-16-14-8-3-4-9-15(14)17-2/h3-11H,1-2H3. The highest BCUT2D eigenvalue weighted by Crippen LogP contribution is 2.25. The van der Waals surface area contributed by atoms with Crippen LogP contribution in [0.4, 0.5) is 5.69 Å².